The Bertz CT molecular complexity index is 329. The highest BCUT2D eigenvalue weighted by molar-refractivity contribution is 7.98. The summed E-state index contributed by atoms with van der Waals surface area (Å²) in [4.78, 5) is 0. The maximum atomic E-state index is 9.24. The molecule has 1 unspecified atom stereocenters. The van der Waals surface area contributed by atoms with E-state index in [4.69, 9.17) is 11.6 Å². The summed E-state index contributed by atoms with van der Waals surface area (Å²) in [5.74, 6) is 2.05. The highest BCUT2D eigenvalue weighted by Gasteiger charge is 2.07. The molecular weight excluding hydrogens is 266 g/mol. The Morgan fingerprint density at radius 1 is 1.28 bits per heavy atom. The molecule has 1 aromatic rings. The fourth-order valence-corrected chi connectivity index (χ4v) is 2.84. The Labute approximate surface area is 119 Å². The normalized spacial score (nSPS) is 12.9. The summed E-state index contributed by atoms with van der Waals surface area (Å²) in [6, 6.07) is 8.60. The first kappa shape index (κ1) is 15.8. The third-order valence-electron chi connectivity index (χ3n) is 2.58. The third-order valence-corrected chi connectivity index (χ3v) is 3.90. The second-order valence-corrected chi connectivity index (χ2v) is 6.21. The van der Waals surface area contributed by atoms with E-state index in [0.717, 1.165) is 22.9 Å². The maximum Gasteiger partial charge on any atom is 0.0585 e. The average Bonchev–Trinajstić information content (AvgIpc) is 2.34. The molecule has 4 heteroatoms. The molecule has 1 atom stereocenters. The van der Waals surface area contributed by atoms with Crippen LogP contribution in [0.2, 0.25) is 5.02 Å². The standard InChI is InChI=1S/C14H22ClNOS/c1-11(2)16-14(9-17)7-8-18-10-12-3-5-13(15)6-4-12/h3-6,11,14,16-17H,7-10H2,1-2H3. The predicted molar refractivity (Wildman–Crippen MR) is 81.4 cm³/mol. The van der Waals surface area contributed by atoms with E-state index in [1.54, 1.807) is 0 Å². The molecule has 0 radical (unpaired) electrons. The lowest BCUT2D eigenvalue weighted by Crippen LogP contribution is -2.37. The van der Waals surface area contributed by atoms with E-state index in [9.17, 15) is 5.11 Å². The molecule has 0 saturated heterocycles. The number of halogens is 1. The molecule has 102 valence electrons. The van der Waals surface area contributed by atoms with Crippen molar-refractivity contribution in [3.05, 3.63) is 34.9 Å². The van der Waals surface area contributed by atoms with Crippen LogP contribution in [0.15, 0.2) is 24.3 Å². The van der Waals surface area contributed by atoms with E-state index >= 15 is 0 Å². The predicted octanol–water partition coefficient (Wildman–Crippen LogP) is 3.32. The van der Waals surface area contributed by atoms with Gasteiger partial charge in [0, 0.05) is 22.9 Å². The van der Waals surface area contributed by atoms with Crippen LogP contribution >= 0.6 is 23.4 Å². The lowest BCUT2D eigenvalue weighted by Gasteiger charge is -2.18. The molecule has 2 N–H and O–H groups in total. The van der Waals surface area contributed by atoms with Gasteiger partial charge >= 0.3 is 0 Å². The van der Waals surface area contributed by atoms with Crippen LogP contribution in [0.4, 0.5) is 0 Å². The van der Waals surface area contributed by atoms with Crippen LogP contribution in [0.1, 0.15) is 25.8 Å². The SMILES string of the molecule is CC(C)NC(CO)CCSCc1ccc(Cl)cc1. The number of rotatable bonds is 8. The summed E-state index contributed by atoms with van der Waals surface area (Å²) in [6.07, 6.45) is 0.993. The minimum Gasteiger partial charge on any atom is -0.395 e. The van der Waals surface area contributed by atoms with Gasteiger partial charge in [0.15, 0.2) is 0 Å². The first-order chi connectivity index (χ1) is 8.61. The maximum absolute atomic E-state index is 9.24. The van der Waals surface area contributed by atoms with Crippen LogP contribution in [-0.2, 0) is 5.75 Å². The van der Waals surface area contributed by atoms with Crippen molar-refractivity contribution < 1.29 is 5.11 Å². The molecule has 2 nitrogen and oxygen atoms in total. The summed E-state index contributed by atoms with van der Waals surface area (Å²) in [7, 11) is 0. The van der Waals surface area contributed by atoms with Gasteiger partial charge in [0.25, 0.3) is 0 Å². The van der Waals surface area contributed by atoms with Gasteiger partial charge in [-0.3, -0.25) is 0 Å². The lowest BCUT2D eigenvalue weighted by atomic mass is 10.2. The Hall–Kier alpha value is -0.220. The Morgan fingerprint density at radius 3 is 2.50 bits per heavy atom. The number of hydrogen-bond donors (Lipinski definition) is 2. The molecule has 0 bridgehead atoms. The van der Waals surface area contributed by atoms with E-state index in [1.807, 2.05) is 23.9 Å². The van der Waals surface area contributed by atoms with Crippen LogP contribution in [0.25, 0.3) is 0 Å². The molecule has 0 spiro atoms. The molecule has 0 aliphatic heterocycles. The Morgan fingerprint density at radius 2 is 1.94 bits per heavy atom. The van der Waals surface area contributed by atoms with E-state index < -0.39 is 0 Å². The molecule has 0 amide bonds. The van der Waals surface area contributed by atoms with Gasteiger partial charge in [-0.25, -0.2) is 0 Å². The first-order valence-electron chi connectivity index (χ1n) is 6.31. The van der Waals surface area contributed by atoms with Gasteiger partial charge in [-0.15, -0.1) is 0 Å². The first-order valence-corrected chi connectivity index (χ1v) is 7.84. The van der Waals surface area contributed by atoms with E-state index in [0.29, 0.717) is 6.04 Å². The zero-order chi connectivity index (χ0) is 13.4. The number of thioether (sulfide) groups is 1. The largest absolute Gasteiger partial charge is 0.395 e. The van der Waals surface area contributed by atoms with Crippen molar-refractivity contribution >= 4 is 23.4 Å². The number of benzene rings is 1. The molecule has 1 aromatic carbocycles. The lowest BCUT2D eigenvalue weighted by molar-refractivity contribution is 0.232. The summed E-state index contributed by atoms with van der Waals surface area (Å²) < 4.78 is 0. The van der Waals surface area contributed by atoms with Crippen molar-refractivity contribution in [1.82, 2.24) is 5.32 Å². The molecule has 0 aliphatic carbocycles. The molecule has 18 heavy (non-hydrogen) atoms. The number of hydrogen-bond acceptors (Lipinski definition) is 3. The highest BCUT2D eigenvalue weighted by atomic mass is 35.5. The molecular formula is C14H22ClNOS. The van der Waals surface area contributed by atoms with Crippen LogP contribution < -0.4 is 5.32 Å². The highest BCUT2D eigenvalue weighted by Crippen LogP contribution is 2.16. The average molecular weight is 288 g/mol. The van der Waals surface area contributed by atoms with E-state index in [2.05, 4.69) is 31.3 Å². The van der Waals surface area contributed by atoms with Gasteiger partial charge in [-0.05, 0) is 29.9 Å². The van der Waals surface area contributed by atoms with Crippen molar-refractivity contribution in [1.29, 1.82) is 0 Å². The second kappa shape index (κ2) is 8.81. The van der Waals surface area contributed by atoms with Crippen molar-refractivity contribution in [2.45, 2.75) is 38.1 Å². The minimum atomic E-state index is 0.208. The summed E-state index contributed by atoms with van der Waals surface area (Å²) in [5.41, 5.74) is 1.29. The quantitative estimate of drug-likeness (QED) is 0.720. The van der Waals surface area contributed by atoms with Gasteiger partial charge in [-0.2, -0.15) is 11.8 Å². The summed E-state index contributed by atoms with van der Waals surface area (Å²) in [5, 5.41) is 13.4. The van der Waals surface area contributed by atoms with E-state index in [1.165, 1.54) is 5.56 Å². The molecule has 0 aromatic heterocycles. The number of aliphatic hydroxyl groups excluding tert-OH is 1. The van der Waals surface area contributed by atoms with Crippen LogP contribution in [0.5, 0.6) is 0 Å². The van der Waals surface area contributed by atoms with Gasteiger partial charge in [0.1, 0.15) is 0 Å². The van der Waals surface area contributed by atoms with Crippen molar-refractivity contribution in [3.63, 3.8) is 0 Å². The minimum absolute atomic E-state index is 0.208. The smallest absolute Gasteiger partial charge is 0.0585 e. The molecule has 0 heterocycles. The Kier molecular flexibility index (Phi) is 7.75. The monoisotopic (exact) mass is 287 g/mol. The molecule has 1 rings (SSSR count). The van der Waals surface area contributed by atoms with Crippen LogP contribution in [0.3, 0.4) is 0 Å². The van der Waals surface area contributed by atoms with Crippen molar-refractivity contribution in [2.24, 2.45) is 0 Å². The van der Waals surface area contributed by atoms with Crippen LogP contribution in [-0.4, -0.2) is 29.5 Å². The second-order valence-electron chi connectivity index (χ2n) is 4.67. The van der Waals surface area contributed by atoms with Gasteiger partial charge in [0.05, 0.1) is 6.61 Å². The molecule has 0 saturated carbocycles. The Balaban J connectivity index is 2.19. The van der Waals surface area contributed by atoms with Gasteiger partial charge in [0.2, 0.25) is 0 Å². The van der Waals surface area contributed by atoms with Crippen molar-refractivity contribution in [3.8, 4) is 0 Å². The fraction of sp³-hybridized carbons (Fsp3) is 0.571. The third kappa shape index (κ3) is 6.64. The van der Waals surface area contributed by atoms with E-state index in [-0.39, 0.29) is 12.6 Å². The molecule has 0 fully saturated rings. The number of nitrogens with one attached hydrogen (secondary N) is 1. The molecule has 0 aliphatic rings. The zero-order valence-electron chi connectivity index (χ0n) is 11.0. The number of aliphatic hydroxyl groups is 1. The fourth-order valence-electron chi connectivity index (χ4n) is 1.69. The topological polar surface area (TPSA) is 32.3 Å². The van der Waals surface area contributed by atoms with Crippen LogP contribution in [0, 0.1) is 0 Å². The summed E-state index contributed by atoms with van der Waals surface area (Å²) in [6.45, 7) is 4.41. The van der Waals surface area contributed by atoms with Gasteiger partial charge in [-0.1, -0.05) is 37.6 Å². The van der Waals surface area contributed by atoms with Gasteiger partial charge < -0.3 is 10.4 Å². The zero-order valence-corrected chi connectivity index (χ0v) is 12.6. The summed E-state index contributed by atoms with van der Waals surface area (Å²) >= 11 is 7.73. The van der Waals surface area contributed by atoms with Crippen molar-refractivity contribution in [2.75, 3.05) is 12.4 Å².